The van der Waals surface area contributed by atoms with Crippen molar-refractivity contribution in [1.29, 1.82) is 0 Å². The van der Waals surface area contributed by atoms with Gasteiger partial charge in [-0.25, -0.2) is 20.3 Å². The topological polar surface area (TPSA) is 156 Å². The monoisotopic (exact) mass is 607 g/mol. The van der Waals surface area contributed by atoms with E-state index in [1.807, 2.05) is 77.8 Å². The highest BCUT2D eigenvalue weighted by Crippen LogP contribution is 2.52. The van der Waals surface area contributed by atoms with Crippen LogP contribution in [0.25, 0.3) is 23.0 Å². The number of rotatable bonds is 11. The zero-order chi connectivity index (χ0) is 31.8. The van der Waals surface area contributed by atoms with Crippen molar-refractivity contribution in [2.24, 2.45) is 23.2 Å². The van der Waals surface area contributed by atoms with E-state index >= 15 is 0 Å². The highest BCUT2D eigenvalue weighted by atomic mass is 16.8. The molecular weight excluding hydrogens is 566 g/mol. The lowest BCUT2D eigenvalue weighted by Gasteiger charge is -2.23. The summed E-state index contributed by atoms with van der Waals surface area (Å²) < 4.78 is 11.7. The second-order valence-electron chi connectivity index (χ2n) is 13.7. The molecule has 5 rings (SSSR count). The molecule has 1 unspecified atom stereocenters. The molecule has 0 radical (unpaired) electrons. The molecule has 1 aromatic carbocycles. The average molecular weight is 608 g/mol. The molecule has 1 saturated carbocycles. The van der Waals surface area contributed by atoms with Crippen LogP contribution in [-0.4, -0.2) is 74.6 Å². The number of nitrogens with one attached hydrogen (secondary N) is 1. The Labute approximate surface area is 256 Å². The van der Waals surface area contributed by atoms with Crippen LogP contribution in [-0.2, 0) is 25.7 Å². The highest BCUT2D eigenvalue weighted by Gasteiger charge is 2.60. The molecule has 3 atom stereocenters. The normalized spacial score (nSPS) is 19.5. The third-order valence-electron chi connectivity index (χ3n) is 7.64. The van der Waals surface area contributed by atoms with Crippen molar-refractivity contribution in [3.05, 3.63) is 36.0 Å². The van der Waals surface area contributed by atoms with E-state index in [-0.39, 0.29) is 47.6 Å². The second kappa shape index (κ2) is 12.1. The molecule has 1 saturated heterocycles. The van der Waals surface area contributed by atoms with Crippen LogP contribution in [0.2, 0.25) is 0 Å². The summed E-state index contributed by atoms with van der Waals surface area (Å²) in [6.07, 6.45) is 2.09. The third-order valence-corrected chi connectivity index (χ3v) is 7.64. The maximum atomic E-state index is 12.5. The van der Waals surface area contributed by atoms with Gasteiger partial charge in [0.2, 0.25) is 11.8 Å². The van der Waals surface area contributed by atoms with Crippen molar-refractivity contribution >= 4 is 23.5 Å². The maximum Gasteiger partial charge on any atom is 0.307 e. The van der Waals surface area contributed by atoms with Gasteiger partial charge in [0.25, 0.3) is 5.89 Å². The minimum atomic E-state index is -0.743. The number of benzene rings is 1. The fraction of sp³-hybridized carbons (Fsp3) is 0.548. The largest absolute Gasteiger partial charge is 0.481 e. The minimum Gasteiger partial charge on any atom is -0.481 e. The van der Waals surface area contributed by atoms with Crippen LogP contribution in [0.5, 0.6) is 0 Å². The van der Waals surface area contributed by atoms with Crippen LogP contribution in [0.4, 0.5) is 11.6 Å². The summed E-state index contributed by atoms with van der Waals surface area (Å²) in [5.41, 5.74) is 4.30. The number of fused-ring (bicyclic) bond motifs is 1. The Balaban J connectivity index is 1.32. The molecule has 1 aliphatic heterocycles. The summed E-state index contributed by atoms with van der Waals surface area (Å²) in [5.74, 6) is 0.586. The van der Waals surface area contributed by atoms with Gasteiger partial charge in [-0.05, 0) is 55.7 Å². The van der Waals surface area contributed by atoms with Crippen molar-refractivity contribution < 1.29 is 28.7 Å². The standard InChI is InChI=1S/C31H41N7O6/c1-30(2,3)12-23(39)37(7)14-18-8-10-19(11-9-18)27-34-35-28(44-27)25-26(36-43-17-42-31(4,5)6)32-13-22(33-25)38-15-20-21(16-38)24(20)29(40)41/h8-11,13,20-21,24H,12,14-17H2,1-7H3,(H,32,36)(H,40,41)/t20-,21+,24?. The summed E-state index contributed by atoms with van der Waals surface area (Å²) >= 11 is 0. The van der Waals surface area contributed by atoms with E-state index in [1.165, 1.54) is 0 Å². The van der Waals surface area contributed by atoms with Crippen molar-refractivity contribution in [1.82, 2.24) is 25.1 Å². The number of aromatic nitrogens is 4. The molecule has 236 valence electrons. The van der Waals surface area contributed by atoms with E-state index in [9.17, 15) is 14.7 Å². The van der Waals surface area contributed by atoms with Gasteiger partial charge in [-0.1, -0.05) is 32.9 Å². The maximum absolute atomic E-state index is 12.5. The number of carbonyl (C=O) groups excluding carboxylic acids is 1. The summed E-state index contributed by atoms with van der Waals surface area (Å²) in [4.78, 5) is 42.5. The van der Waals surface area contributed by atoms with Crippen LogP contribution in [0, 0.1) is 23.2 Å². The summed E-state index contributed by atoms with van der Waals surface area (Å²) in [6.45, 7) is 13.6. The number of carboxylic acids is 1. The fourth-order valence-corrected chi connectivity index (χ4v) is 5.28. The predicted octanol–water partition coefficient (Wildman–Crippen LogP) is 4.47. The molecule has 44 heavy (non-hydrogen) atoms. The lowest BCUT2D eigenvalue weighted by Crippen LogP contribution is -2.29. The number of carboxylic acid groups (broad SMARTS) is 1. The summed E-state index contributed by atoms with van der Waals surface area (Å²) in [6, 6.07) is 7.61. The molecule has 1 amide bonds. The molecule has 2 N–H and O–H groups in total. The van der Waals surface area contributed by atoms with Gasteiger partial charge in [-0.2, -0.15) is 0 Å². The van der Waals surface area contributed by atoms with E-state index in [2.05, 4.69) is 20.7 Å². The number of amides is 1. The molecule has 0 spiro atoms. The Bertz CT molecular complexity index is 1480. The van der Waals surface area contributed by atoms with Gasteiger partial charge in [0.15, 0.2) is 18.3 Å². The predicted molar refractivity (Wildman–Crippen MR) is 162 cm³/mol. The second-order valence-corrected chi connectivity index (χ2v) is 13.7. The molecule has 2 fully saturated rings. The zero-order valence-corrected chi connectivity index (χ0v) is 26.3. The van der Waals surface area contributed by atoms with Crippen molar-refractivity contribution in [3.63, 3.8) is 0 Å². The number of ether oxygens (including phenoxy) is 1. The Hall–Kier alpha value is -4.10. The highest BCUT2D eigenvalue weighted by molar-refractivity contribution is 5.77. The molecule has 1 aliphatic carbocycles. The molecule has 13 heteroatoms. The molecule has 0 bridgehead atoms. The molecule has 2 aromatic heterocycles. The van der Waals surface area contributed by atoms with Gasteiger partial charge in [-0.3, -0.25) is 9.59 Å². The summed E-state index contributed by atoms with van der Waals surface area (Å²) in [7, 11) is 1.81. The quantitative estimate of drug-likeness (QED) is 0.179. The van der Waals surface area contributed by atoms with Crippen LogP contribution in [0.3, 0.4) is 0 Å². The van der Waals surface area contributed by atoms with E-state index in [0.717, 1.165) is 5.56 Å². The van der Waals surface area contributed by atoms with E-state index in [0.29, 0.717) is 49.0 Å². The first-order valence-electron chi connectivity index (χ1n) is 14.7. The molecule has 3 heterocycles. The smallest absolute Gasteiger partial charge is 0.307 e. The molecule has 2 aliphatic rings. The van der Waals surface area contributed by atoms with Crippen LogP contribution in [0.1, 0.15) is 53.5 Å². The SMILES string of the molecule is CN(Cc1ccc(-c2nnc(-c3nc(N4C[C@@H]5C(C(=O)O)[C@@H]5C4)cnc3NOCOC(C)(C)C)o2)cc1)C(=O)CC(C)(C)C. The van der Waals surface area contributed by atoms with E-state index in [1.54, 1.807) is 11.1 Å². The van der Waals surface area contributed by atoms with E-state index in [4.69, 9.17) is 19.0 Å². The molecule has 13 nitrogen and oxygen atoms in total. The first-order chi connectivity index (χ1) is 20.7. The number of anilines is 2. The Morgan fingerprint density at radius 1 is 1.07 bits per heavy atom. The number of hydrogen-bond acceptors (Lipinski definition) is 11. The summed E-state index contributed by atoms with van der Waals surface area (Å²) in [5, 5.41) is 17.9. The van der Waals surface area contributed by atoms with Crippen LogP contribution < -0.4 is 10.4 Å². The van der Waals surface area contributed by atoms with Gasteiger partial charge in [0.05, 0.1) is 17.7 Å². The first-order valence-corrected chi connectivity index (χ1v) is 14.7. The van der Waals surface area contributed by atoms with Crippen molar-refractivity contribution in [2.75, 3.05) is 37.3 Å². The van der Waals surface area contributed by atoms with E-state index < -0.39 is 11.6 Å². The average Bonchev–Trinajstić information content (AvgIpc) is 3.25. The fourth-order valence-electron chi connectivity index (χ4n) is 5.28. The number of carbonyl (C=O) groups is 2. The molecular formula is C31H41N7O6. The number of aliphatic carboxylic acids is 1. The Morgan fingerprint density at radius 2 is 1.73 bits per heavy atom. The number of hydrogen-bond donors (Lipinski definition) is 2. The van der Waals surface area contributed by atoms with Gasteiger partial charge in [0.1, 0.15) is 5.82 Å². The van der Waals surface area contributed by atoms with Gasteiger partial charge in [0, 0.05) is 38.7 Å². The van der Waals surface area contributed by atoms with Gasteiger partial charge >= 0.3 is 5.97 Å². The van der Waals surface area contributed by atoms with Crippen LogP contribution in [0.15, 0.2) is 34.9 Å². The zero-order valence-electron chi connectivity index (χ0n) is 26.3. The van der Waals surface area contributed by atoms with Crippen LogP contribution >= 0.6 is 0 Å². The third kappa shape index (κ3) is 7.51. The van der Waals surface area contributed by atoms with Gasteiger partial charge in [-0.15, -0.1) is 10.2 Å². The lowest BCUT2D eigenvalue weighted by atomic mass is 9.91. The van der Waals surface area contributed by atoms with Gasteiger partial charge < -0.3 is 24.1 Å². The van der Waals surface area contributed by atoms with Crippen molar-refractivity contribution in [2.45, 2.75) is 60.1 Å². The lowest BCUT2D eigenvalue weighted by molar-refractivity contribution is -0.139. The van der Waals surface area contributed by atoms with Crippen molar-refractivity contribution in [3.8, 4) is 23.0 Å². The number of nitrogens with zero attached hydrogens (tertiary/aromatic N) is 6. The number of piperidine rings is 1. The Kier molecular flexibility index (Phi) is 8.63. The first kappa shape index (κ1) is 31.3. The Morgan fingerprint density at radius 3 is 2.34 bits per heavy atom. The molecule has 3 aromatic rings. The minimum absolute atomic E-state index is 0.0309.